The Balaban J connectivity index is 3.05. The highest BCUT2D eigenvalue weighted by Gasteiger charge is 1.97. The van der Waals surface area contributed by atoms with Gasteiger partial charge in [0.2, 0.25) is 0 Å². The zero-order chi connectivity index (χ0) is 4.99. The molecule has 0 fully saturated rings. The highest BCUT2D eigenvalue weighted by Crippen LogP contribution is 1.77. The van der Waals surface area contributed by atoms with E-state index in [1.807, 2.05) is 0 Å². The average molecular weight is 120 g/mol. The van der Waals surface area contributed by atoms with E-state index in [9.17, 15) is 4.79 Å². The van der Waals surface area contributed by atoms with Crippen molar-refractivity contribution in [2.24, 2.45) is 4.10 Å². The average Bonchev–Trinajstić information content (AvgIpc) is 1.35. The van der Waals surface area contributed by atoms with E-state index in [0.29, 0.717) is 0 Å². The molecule has 0 aromatic rings. The summed E-state index contributed by atoms with van der Waals surface area (Å²) in [5.41, 5.74) is 6.11. The molecular weight excluding hydrogens is 118 g/mol. The Hall–Kier alpha value is 0.0925. The number of hydrogen-bond donors (Lipinski definition) is 1. The van der Waals surface area contributed by atoms with Crippen molar-refractivity contribution < 1.29 is 4.79 Å². The van der Waals surface area contributed by atoms with Crippen LogP contribution in [-0.4, -0.2) is 19.5 Å². The number of rotatable bonds is 2. The lowest BCUT2D eigenvalue weighted by molar-refractivity contribution is 0.274. The van der Waals surface area contributed by atoms with E-state index in [0.717, 1.165) is 0 Å². The van der Waals surface area contributed by atoms with Crippen molar-refractivity contribution in [3.63, 3.8) is 0 Å². The Morgan fingerprint density at radius 1 is 2.00 bits per heavy atom. The zero-order valence-corrected chi connectivity index (χ0v) is 5.11. The van der Waals surface area contributed by atoms with E-state index in [1.165, 1.54) is 0 Å². The molecule has 3 nitrogen and oxygen atoms in total. The third-order valence-corrected chi connectivity index (χ3v) is 0.969. The van der Waals surface area contributed by atoms with Gasteiger partial charge in [0.25, 0.3) is 0 Å². The van der Waals surface area contributed by atoms with Crippen LogP contribution in [0.5, 0.6) is 0 Å². The van der Waals surface area contributed by atoms with Gasteiger partial charge in [-0.3, -0.25) is 0 Å². The van der Waals surface area contributed by atoms with Gasteiger partial charge in [-0.1, -0.05) is 11.6 Å². The Labute approximate surface area is 46.1 Å². The van der Waals surface area contributed by atoms with Crippen LogP contribution < -0.4 is 0 Å². The van der Waals surface area contributed by atoms with Crippen molar-refractivity contribution in [2.45, 2.75) is 0 Å². The van der Waals surface area contributed by atoms with Crippen molar-refractivity contribution in [2.75, 3.05) is 0 Å². The molecule has 0 saturated heterocycles. The summed E-state index contributed by atoms with van der Waals surface area (Å²) in [6.07, 6.45) is 0. The van der Waals surface area contributed by atoms with Crippen LogP contribution in [0.3, 0.4) is 0 Å². The topological polar surface area (TPSA) is 53.3 Å². The summed E-state index contributed by atoms with van der Waals surface area (Å²) in [7, 11) is 0. The summed E-state index contributed by atoms with van der Waals surface area (Å²) in [5, 5.41) is 0. The minimum Gasteiger partial charge on any atom is -0.317 e. The first-order chi connectivity index (χ1) is 2.77. The van der Waals surface area contributed by atoms with Crippen molar-refractivity contribution >= 4 is 31.1 Å². The second-order valence-electron chi connectivity index (χ2n) is 0.671. The molecule has 0 amide bonds. The van der Waals surface area contributed by atoms with Crippen LogP contribution in [-0.2, 0) is 0 Å². The number of halogens is 1. The van der Waals surface area contributed by atoms with E-state index in [4.69, 9.17) is 17.1 Å². The van der Waals surface area contributed by atoms with E-state index in [2.05, 4.69) is 4.10 Å². The van der Waals surface area contributed by atoms with Crippen molar-refractivity contribution in [3.8, 4) is 0 Å². The molecule has 0 aliphatic rings. The SMILES string of the molecule is N=[N][AlH][C](=O)Cl. The van der Waals surface area contributed by atoms with Crippen LogP contribution in [0.25, 0.3) is 0 Å². The normalized spacial score (nSPS) is 6.83. The molecule has 0 aliphatic heterocycles. The summed E-state index contributed by atoms with van der Waals surface area (Å²) in [4.78, 5) is 9.66. The van der Waals surface area contributed by atoms with Gasteiger partial charge in [0.05, 0.1) is 0 Å². The summed E-state index contributed by atoms with van der Waals surface area (Å²) in [6.45, 7) is 0. The summed E-state index contributed by atoms with van der Waals surface area (Å²) in [6, 6.07) is 0. The molecule has 6 heavy (non-hydrogen) atoms. The van der Waals surface area contributed by atoms with Crippen LogP contribution in [0.2, 0.25) is 0 Å². The molecule has 0 saturated carbocycles. The van der Waals surface area contributed by atoms with E-state index in [-0.39, 0.29) is 0 Å². The molecular formula is CH2AlClN2O. The summed E-state index contributed by atoms with van der Waals surface area (Å²) >= 11 is 3.56. The minimum atomic E-state index is -1.23. The van der Waals surface area contributed by atoms with Gasteiger partial charge in [0, 0.05) is 0 Å². The largest absolute Gasteiger partial charge is 0.563 e. The lowest BCUT2D eigenvalue weighted by Gasteiger charge is -1.66. The number of hydrogen-bond acceptors (Lipinski definition) is 3. The lowest BCUT2D eigenvalue weighted by atomic mass is 11.8. The second-order valence-corrected chi connectivity index (χ2v) is 2.82. The van der Waals surface area contributed by atoms with Crippen LogP contribution >= 0.6 is 11.6 Å². The molecule has 0 spiro atoms. The first-order valence-electron chi connectivity index (χ1n) is 1.29. The van der Waals surface area contributed by atoms with Crippen LogP contribution in [0.15, 0.2) is 4.10 Å². The van der Waals surface area contributed by atoms with Gasteiger partial charge in [-0.25, -0.2) is 5.53 Å². The number of carbonyl (C=O) groups excluding carboxylic acids is 1. The Kier molecular flexibility index (Phi) is 3.34. The van der Waals surface area contributed by atoms with E-state index in [1.54, 1.807) is 0 Å². The third-order valence-electron chi connectivity index (χ3n) is 0.203. The van der Waals surface area contributed by atoms with Crippen LogP contribution in [0, 0.1) is 5.53 Å². The fraction of sp³-hybridized carbons (Fsp3) is 0. The highest BCUT2D eigenvalue weighted by atomic mass is 35.5. The fourth-order valence-electron chi connectivity index (χ4n) is 0.0622. The Morgan fingerprint density at radius 3 is 2.50 bits per heavy atom. The zero-order valence-electron chi connectivity index (χ0n) is 2.94. The molecule has 0 aromatic heterocycles. The third kappa shape index (κ3) is 4.09. The summed E-state index contributed by atoms with van der Waals surface area (Å²) in [5.74, 6) is 0. The molecule has 1 N–H and O–H groups in total. The maximum Gasteiger partial charge on any atom is 0.563 e. The Bertz CT molecular complexity index is 73.9. The van der Waals surface area contributed by atoms with E-state index >= 15 is 0 Å². The van der Waals surface area contributed by atoms with Crippen molar-refractivity contribution in [1.29, 1.82) is 5.53 Å². The van der Waals surface area contributed by atoms with E-state index < -0.39 is 19.5 Å². The molecule has 0 heterocycles. The van der Waals surface area contributed by atoms with Gasteiger partial charge in [-0.05, 0) is 0 Å². The molecule has 0 rings (SSSR count). The first-order valence-corrected chi connectivity index (χ1v) is 3.00. The van der Waals surface area contributed by atoms with Gasteiger partial charge in [0.1, 0.15) is 0 Å². The molecule has 32 valence electrons. The van der Waals surface area contributed by atoms with Gasteiger partial charge in [-0.15, -0.1) is 0 Å². The lowest BCUT2D eigenvalue weighted by Crippen LogP contribution is -1.90. The van der Waals surface area contributed by atoms with Gasteiger partial charge in [-0.2, -0.15) is 0 Å². The monoisotopic (exact) mass is 120 g/mol. The molecule has 0 bridgehead atoms. The number of nitrogens with one attached hydrogen (secondary N) is 1. The predicted molar refractivity (Wildman–Crippen MR) is 23.5 cm³/mol. The van der Waals surface area contributed by atoms with Crippen LogP contribution in [0.1, 0.15) is 0 Å². The molecule has 0 radical (unpaired) electrons. The van der Waals surface area contributed by atoms with Crippen LogP contribution in [0.4, 0.5) is 4.79 Å². The fourth-order valence-corrected chi connectivity index (χ4v) is 0.366. The standard InChI is InChI=1S/CClO.Al.HN2.H/c2-1-3;;1-2;/h;;1H;/q;+1;-1;. The molecule has 0 atom stereocenters. The maximum absolute atomic E-state index is 9.66. The van der Waals surface area contributed by atoms with Gasteiger partial charge in [0.15, 0.2) is 4.10 Å². The number of nitrogens with zero attached hydrogens (tertiary/aromatic N) is 1. The predicted octanol–water partition coefficient (Wildman–Crippen LogP) is 0.728. The molecule has 0 aliphatic carbocycles. The molecule has 0 aromatic carbocycles. The molecule has 0 unspecified atom stereocenters. The van der Waals surface area contributed by atoms with Crippen molar-refractivity contribution in [1.82, 2.24) is 0 Å². The second kappa shape index (κ2) is 3.29. The van der Waals surface area contributed by atoms with Crippen molar-refractivity contribution in [3.05, 3.63) is 0 Å². The number of carbonyl (C=O) groups is 1. The highest BCUT2D eigenvalue weighted by molar-refractivity contribution is 6.98. The molecule has 5 heteroatoms. The quantitative estimate of drug-likeness (QED) is 0.326. The van der Waals surface area contributed by atoms with Gasteiger partial charge < -0.3 is 8.89 Å². The Morgan fingerprint density at radius 2 is 2.50 bits per heavy atom. The first kappa shape index (κ1) is 6.09. The summed E-state index contributed by atoms with van der Waals surface area (Å²) < 4.78 is 2.39. The smallest absolute Gasteiger partial charge is 0.317 e. The van der Waals surface area contributed by atoms with Gasteiger partial charge >= 0.3 is 15.4 Å². The maximum atomic E-state index is 9.66. The minimum absolute atomic E-state index is 0.454.